The van der Waals surface area contributed by atoms with Crippen LogP contribution in [0.3, 0.4) is 0 Å². The second-order valence-corrected chi connectivity index (χ2v) is 8.00. The third kappa shape index (κ3) is 12.5. The van der Waals surface area contributed by atoms with Crippen molar-refractivity contribution in [3.05, 3.63) is 0 Å². The molecule has 0 heterocycles. The summed E-state index contributed by atoms with van der Waals surface area (Å²) in [5.41, 5.74) is 0. The number of ether oxygens (including phenoxy) is 1. The Morgan fingerprint density at radius 2 is 1.09 bits per heavy atom. The molecule has 0 saturated carbocycles. The molecule has 0 spiro atoms. The van der Waals surface area contributed by atoms with Crippen molar-refractivity contribution >= 4 is 0 Å². The average Bonchev–Trinajstić information content (AvgIpc) is 2.45. The van der Waals surface area contributed by atoms with Crippen LogP contribution in [0.1, 0.15) is 92.4 Å². The summed E-state index contributed by atoms with van der Waals surface area (Å²) in [5.74, 6) is 2.81. The highest BCUT2D eigenvalue weighted by atomic mass is 16.6. The molecule has 134 valence electrons. The van der Waals surface area contributed by atoms with Gasteiger partial charge in [-0.05, 0) is 24.2 Å². The van der Waals surface area contributed by atoms with Crippen LogP contribution in [-0.2, 0) is 4.74 Å². The van der Waals surface area contributed by atoms with Gasteiger partial charge >= 0.3 is 0 Å². The third-order valence-corrected chi connectivity index (χ3v) is 4.96. The molecule has 0 saturated heterocycles. The standard InChI is InChI=1S/C20H42O2/c1-16(2)10-7-11-17(3)12-8-13-18(4)14-9-15-19(5)20(21)22-6/h16-21H,7-15H2,1-6H3/t17-,18+,19-,20+/m1/s1. The molecule has 0 aromatic heterocycles. The molecule has 0 rings (SSSR count). The Labute approximate surface area is 140 Å². The van der Waals surface area contributed by atoms with E-state index in [1.807, 2.05) is 0 Å². The number of hydrogen-bond donors (Lipinski definition) is 1. The Hall–Kier alpha value is -0.0800. The molecule has 0 amide bonds. The van der Waals surface area contributed by atoms with Gasteiger partial charge in [0.15, 0.2) is 6.29 Å². The topological polar surface area (TPSA) is 29.5 Å². The minimum atomic E-state index is -0.595. The van der Waals surface area contributed by atoms with Crippen molar-refractivity contribution in [3.8, 4) is 0 Å². The average molecular weight is 315 g/mol. The minimum absolute atomic E-state index is 0.248. The number of hydrogen-bond acceptors (Lipinski definition) is 2. The first kappa shape index (κ1) is 21.9. The Kier molecular flexibility index (Phi) is 13.3. The fraction of sp³-hybridized carbons (Fsp3) is 1.00. The van der Waals surface area contributed by atoms with Gasteiger partial charge in [0.2, 0.25) is 0 Å². The lowest BCUT2D eigenvalue weighted by atomic mass is 9.91. The molecule has 0 aromatic carbocycles. The highest BCUT2D eigenvalue weighted by Crippen LogP contribution is 2.22. The molecule has 0 aliphatic rings. The van der Waals surface area contributed by atoms with Crippen LogP contribution < -0.4 is 0 Å². The molecule has 0 aromatic rings. The molecule has 0 aliphatic heterocycles. The summed E-state index contributed by atoms with van der Waals surface area (Å²) >= 11 is 0. The van der Waals surface area contributed by atoms with Crippen LogP contribution in [0.25, 0.3) is 0 Å². The zero-order chi connectivity index (χ0) is 17.0. The van der Waals surface area contributed by atoms with Gasteiger partial charge in [-0.2, -0.15) is 0 Å². The molecule has 0 unspecified atom stereocenters. The summed E-state index contributed by atoms with van der Waals surface area (Å²) < 4.78 is 4.96. The first-order chi connectivity index (χ1) is 10.4. The van der Waals surface area contributed by atoms with Crippen LogP contribution >= 0.6 is 0 Å². The van der Waals surface area contributed by atoms with Crippen LogP contribution in [0.4, 0.5) is 0 Å². The maximum atomic E-state index is 9.58. The van der Waals surface area contributed by atoms with Crippen molar-refractivity contribution in [1.82, 2.24) is 0 Å². The molecule has 1 N–H and O–H groups in total. The molecular weight excluding hydrogens is 272 g/mol. The van der Waals surface area contributed by atoms with Crippen LogP contribution in [0.15, 0.2) is 0 Å². The smallest absolute Gasteiger partial charge is 0.156 e. The monoisotopic (exact) mass is 314 g/mol. The van der Waals surface area contributed by atoms with Gasteiger partial charge in [0.05, 0.1) is 0 Å². The van der Waals surface area contributed by atoms with Gasteiger partial charge in [0, 0.05) is 13.0 Å². The molecule has 2 nitrogen and oxygen atoms in total. The van der Waals surface area contributed by atoms with Crippen molar-refractivity contribution in [1.29, 1.82) is 0 Å². The van der Waals surface area contributed by atoms with Crippen LogP contribution in [0.5, 0.6) is 0 Å². The summed E-state index contributed by atoms with van der Waals surface area (Å²) in [5, 5.41) is 9.58. The number of aliphatic hydroxyl groups excluding tert-OH is 1. The van der Waals surface area contributed by atoms with Gasteiger partial charge < -0.3 is 9.84 Å². The number of aliphatic hydroxyl groups is 1. The molecule has 22 heavy (non-hydrogen) atoms. The predicted molar refractivity (Wildman–Crippen MR) is 96.9 cm³/mol. The van der Waals surface area contributed by atoms with E-state index in [-0.39, 0.29) is 5.92 Å². The summed E-state index contributed by atoms with van der Waals surface area (Å²) in [6.45, 7) is 11.5. The first-order valence-electron chi connectivity index (χ1n) is 9.57. The van der Waals surface area contributed by atoms with Gasteiger partial charge in [-0.1, -0.05) is 86.0 Å². The van der Waals surface area contributed by atoms with E-state index in [9.17, 15) is 5.11 Å². The molecule has 4 atom stereocenters. The minimum Gasteiger partial charge on any atom is -0.368 e. The summed E-state index contributed by atoms with van der Waals surface area (Å²) in [6.07, 6.45) is 11.2. The lowest BCUT2D eigenvalue weighted by Gasteiger charge is -2.18. The zero-order valence-electron chi connectivity index (χ0n) is 16.1. The van der Waals surface area contributed by atoms with E-state index in [4.69, 9.17) is 4.74 Å². The molecule has 0 bridgehead atoms. The van der Waals surface area contributed by atoms with Gasteiger partial charge in [0.1, 0.15) is 0 Å². The van der Waals surface area contributed by atoms with Crippen LogP contribution in [0, 0.1) is 23.7 Å². The molecule has 2 heteroatoms. The van der Waals surface area contributed by atoms with Crippen LogP contribution in [0.2, 0.25) is 0 Å². The van der Waals surface area contributed by atoms with E-state index < -0.39 is 6.29 Å². The summed E-state index contributed by atoms with van der Waals surface area (Å²) in [4.78, 5) is 0. The Bertz CT molecular complexity index is 240. The second-order valence-electron chi connectivity index (χ2n) is 8.00. The Morgan fingerprint density at radius 1 is 0.682 bits per heavy atom. The SMILES string of the molecule is CO[C@H](O)[C@H](C)CCC[C@@H](C)CCC[C@H](C)CCCC(C)C. The van der Waals surface area contributed by atoms with E-state index in [2.05, 4.69) is 34.6 Å². The second kappa shape index (κ2) is 13.4. The normalized spacial score (nSPS) is 17.5. The Balaban J connectivity index is 3.54. The predicted octanol–water partition coefficient (Wildman–Crippen LogP) is 6.03. The van der Waals surface area contributed by atoms with Crippen molar-refractivity contribution in [2.45, 2.75) is 98.7 Å². The Morgan fingerprint density at radius 3 is 1.50 bits per heavy atom. The quantitative estimate of drug-likeness (QED) is 0.397. The third-order valence-electron chi connectivity index (χ3n) is 4.96. The van der Waals surface area contributed by atoms with Gasteiger partial charge in [0.25, 0.3) is 0 Å². The lowest BCUT2D eigenvalue weighted by molar-refractivity contribution is -0.110. The largest absolute Gasteiger partial charge is 0.368 e. The fourth-order valence-electron chi connectivity index (χ4n) is 3.14. The first-order valence-corrected chi connectivity index (χ1v) is 9.57. The lowest BCUT2D eigenvalue weighted by Crippen LogP contribution is -2.19. The van der Waals surface area contributed by atoms with E-state index in [1.165, 1.54) is 51.4 Å². The van der Waals surface area contributed by atoms with Crippen molar-refractivity contribution in [3.63, 3.8) is 0 Å². The summed E-state index contributed by atoms with van der Waals surface area (Å²) in [6, 6.07) is 0. The zero-order valence-corrected chi connectivity index (χ0v) is 16.1. The highest BCUT2D eigenvalue weighted by molar-refractivity contribution is 4.61. The van der Waals surface area contributed by atoms with E-state index in [0.29, 0.717) is 0 Å². The van der Waals surface area contributed by atoms with Crippen LogP contribution in [-0.4, -0.2) is 18.5 Å². The molecule has 0 radical (unpaired) electrons. The summed E-state index contributed by atoms with van der Waals surface area (Å²) in [7, 11) is 1.58. The van der Waals surface area contributed by atoms with Crippen molar-refractivity contribution < 1.29 is 9.84 Å². The van der Waals surface area contributed by atoms with Crippen molar-refractivity contribution in [2.24, 2.45) is 23.7 Å². The van der Waals surface area contributed by atoms with Gasteiger partial charge in [-0.15, -0.1) is 0 Å². The van der Waals surface area contributed by atoms with Gasteiger partial charge in [-0.25, -0.2) is 0 Å². The van der Waals surface area contributed by atoms with E-state index in [1.54, 1.807) is 7.11 Å². The van der Waals surface area contributed by atoms with E-state index >= 15 is 0 Å². The van der Waals surface area contributed by atoms with Gasteiger partial charge in [-0.3, -0.25) is 0 Å². The van der Waals surface area contributed by atoms with E-state index in [0.717, 1.165) is 24.2 Å². The highest BCUT2D eigenvalue weighted by Gasteiger charge is 2.13. The van der Waals surface area contributed by atoms with Crippen molar-refractivity contribution in [2.75, 3.05) is 7.11 Å². The maximum Gasteiger partial charge on any atom is 0.156 e. The molecule has 0 fully saturated rings. The number of rotatable bonds is 14. The number of methoxy groups -OCH3 is 1. The molecule has 0 aliphatic carbocycles. The maximum absolute atomic E-state index is 9.58. The molecular formula is C20H42O2. The fourth-order valence-corrected chi connectivity index (χ4v) is 3.14.